The number of fused-ring (bicyclic) bond motifs is 28. The summed E-state index contributed by atoms with van der Waals surface area (Å²) < 4.78 is 0. The molecule has 0 saturated heterocycles. The van der Waals surface area contributed by atoms with Crippen LogP contribution in [0.1, 0.15) is 28.3 Å². The zero-order valence-electron chi connectivity index (χ0n) is 46.8. The van der Waals surface area contributed by atoms with Crippen LogP contribution in [-0.4, -0.2) is 59.8 Å². The van der Waals surface area contributed by atoms with Crippen molar-refractivity contribution in [2.75, 3.05) is 0 Å². The lowest BCUT2D eigenvalue weighted by Crippen LogP contribution is -1.93. The van der Waals surface area contributed by atoms with Crippen LogP contribution in [-0.2, 0) is 0 Å². The smallest absolute Gasteiger partial charge is 0.164 e. The van der Waals surface area contributed by atoms with Gasteiger partial charge in [0.1, 0.15) is 22.6 Å². The van der Waals surface area contributed by atoms with Gasteiger partial charge in [0.2, 0.25) is 0 Å². The summed E-state index contributed by atoms with van der Waals surface area (Å²) in [7, 11) is 0. The molecule has 0 atom stereocenters. The Morgan fingerprint density at radius 1 is 0.239 bits per heavy atom. The van der Waals surface area contributed by atoms with Crippen LogP contribution in [0.15, 0.2) is 237 Å². The molecule has 0 aliphatic carbocycles. The molecule has 0 fully saturated rings. The first-order valence-corrected chi connectivity index (χ1v) is 29.2. The van der Waals surface area contributed by atoms with Crippen LogP contribution in [0.3, 0.4) is 0 Å². The van der Waals surface area contributed by atoms with Crippen molar-refractivity contribution in [1.29, 1.82) is 0 Å². The summed E-state index contributed by atoms with van der Waals surface area (Å²) >= 11 is 0. The quantitative estimate of drug-likeness (QED) is 0.132. The zero-order chi connectivity index (χ0) is 57.8. The van der Waals surface area contributed by atoms with Gasteiger partial charge in [-0.3, -0.25) is 0 Å². The Kier molecular flexibility index (Phi) is 11.0. The van der Waals surface area contributed by atoms with Gasteiger partial charge in [0, 0.05) is 93.7 Å². The average Bonchev–Trinajstić information content (AvgIpc) is 4.64. The van der Waals surface area contributed by atoms with E-state index in [1.807, 2.05) is 48.5 Å². The molecule has 0 unspecified atom stereocenters. The van der Waals surface area contributed by atoms with Crippen LogP contribution in [0.2, 0.25) is 0 Å². The van der Waals surface area contributed by atoms with Crippen molar-refractivity contribution in [2.45, 2.75) is 0 Å². The van der Waals surface area contributed by atoms with E-state index in [2.05, 4.69) is 226 Å². The Balaban J connectivity index is 0.945. The molecule has 410 valence electrons. The molecule has 0 amide bonds. The van der Waals surface area contributed by atoms with E-state index in [1.165, 1.54) is 0 Å². The predicted octanol–water partition coefficient (Wildman–Crippen LogP) is 17.9. The van der Waals surface area contributed by atoms with E-state index in [0.29, 0.717) is 45.9 Å². The maximum Gasteiger partial charge on any atom is 0.164 e. The van der Waals surface area contributed by atoms with Gasteiger partial charge in [0.25, 0.3) is 0 Å². The van der Waals surface area contributed by atoms with Gasteiger partial charge in [-0.25, -0.2) is 39.9 Å². The van der Waals surface area contributed by atoms with Crippen LogP contribution in [0.4, 0.5) is 0 Å². The number of nitrogens with one attached hydrogen (secondary N) is 4. The number of nitrogens with zero attached hydrogens (tertiary/aromatic N) is 8. The van der Waals surface area contributed by atoms with Crippen molar-refractivity contribution in [3.8, 4) is 90.1 Å². The van der Waals surface area contributed by atoms with Crippen molar-refractivity contribution < 1.29 is 0 Å². The van der Waals surface area contributed by atoms with Gasteiger partial charge >= 0.3 is 0 Å². The molecule has 10 heterocycles. The Hall–Kier alpha value is -12.3. The Labute approximate surface area is 502 Å². The monoisotopic (exact) mass is 1130 g/mol. The Bertz CT molecular complexity index is 5670. The third-order valence-electron chi connectivity index (χ3n) is 17.0. The van der Waals surface area contributed by atoms with Crippen LogP contribution in [0.5, 0.6) is 0 Å². The predicted molar refractivity (Wildman–Crippen MR) is 355 cm³/mol. The van der Waals surface area contributed by atoms with E-state index in [9.17, 15) is 0 Å². The lowest BCUT2D eigenvalue weighted by atomic mass is 9.93. The van der Waals surface area contributed by atoms with Crippen molar-refractivity contribution in [1.82, 2.24) is 59.8 Å². The summed E-state index contributed by atoms with van der Waals surface area (Å²) in [5, 5.41) is 3.58. The molecule has 4 aliphatic rings. The molecule has 4 N–H and O–H groups in total. The van der Waals surface area contributed by atoms with E-state index in [1.54, 1.807) is 0 Å². The number of hydrogen-bond acceptors (Lipinski definition) is 8. The summed E-state index contributed by atoms with van der Waals surface area (Å²) in [5.41, 5.74) is 22.5. The second-order valence-corrected chi connectivity index (χ2v) is 22.2. The standard InChI is InChI=1S/C76H46N12/c1-5-19-43(20-6-1)64-57-35-36-58(77-57)65(44-21-7-2-8-22-44)60-39-40-62(79-60)67(46-25-11-4-12-26-46)68-55(42-63(80-68)66(45-23-9-3-10-24-45)61-38-37-59(64)78-61)47-33-34-54-56(41-47)76-87-74-53-32-18-17-31-52(53)72(85-74)83-70-49-28-14-13-27-48(49)69(81-70)82-71-50-29-15-16-30-51(50)73(84-71)86-75(54)88-76/h1-42,78-79H,(H2,81,82,83,84,85,86,87,88). The van der Waals surface area contributed by atoms with E-state index < -0.39 is 0 Å². The van der Waals surface area contributed by atoms with Gasteiger partial charge < -0.3 is 19.9 Å². The molecule has 14 aromatic rings. The fourth-order valence-corrected chi connectivity index (χ4v) is 12.9. The summed E-state index contributed by atoms with van der Waals surface area (Å²) in [6.07, 6.45) is 6.52. The SMILES string of the molecule is C1=Cc2nc1c(-c1ccccc1)c1ccc([nH]1)c(-c1ccccc1)c1nc(c(-c3ccccc3)c3ccc([nH]3)c2-c2ccccc2)C(c2ccc3c(c2)-c2nc-3nc3[nH]c(nc4nc(nc5[nH]c(n2)c2ccccc52)-c2ccccc2-4)c2ccccc32)=C1. The van der Waals surface area contributed by atoms with E-state index in [0.717, 1.165) is 144 Å². The van der Waals surface area contributed by atoms with E-state index in [4.69, 9.17) is 39.9 Å². The summed E-state index contributed by atoms with van der Waals surface area (Å²) in [5.74, 6) is 2.10. The summed E-state index contributed by atoms with van der Waals surface area (Å²) in [4.78, 5) is 58.3. The number of rotatable bonds is 5. The van der Waals surface area contributed by atoms with Crippen molar-refractivity contribution >= 4 is 90.0 Å². The normalized spacial score (nSPS) is 12.3. The molecule has 0 saturated carbocycles. The fraction of sp³-hybridized carbons (Fsp3) is 0. The number of H-pyrrole nitrogens is 4. The van der Waals surface area contributed by atoms with E-state index in [-0.39, 0.29) is 0 Å². The molecule has 0 spiro atoms. The maximum atomic E-state index is 5.89. The van der Waals surface area contributed by atoms with Crippen LogP contribution in [0.25, 0.3) is 180 Å². The van der Waals surface area contributed by atoms with Gasteiger partial charge in [-0.15, -0.1) is 0 Å². The zero-order valence-corrected chi connectivity index (χ0v) is 46.8. The molecular weight excluding hydrogens is 1080 g/mol. The minimum atomic E-state index is 0.489. The highest BCUT2D eigenvalue weighted by Gasteiger charge is 2.28. The summed E-state index contributed by atoms with van der Waals surface area (Å²) in [6, 6.07) is 81.7. The molecule has 6 aromatic heterocycles. The van der Waals surface area contributed by atoms with Crippen LogP contribution < -0.4 is 0 Å². The summed E-state index contributed by atoms with van der Waals surface area (Å²) in [6.45, 7) is 0. The maximum absolute atomic E-state index is 5.89. The van der Waals surface area contributed by atoms with Crippen molar-refractivity contribution in [2.24, 2.45) is 0 Å². The Morgan fingerprint density at radius 3 is 1.02 bits per heavy atom. The highest BCUT2D eigenvalue weighted by molar-refractivity contribution is 6.09. The van der Waals surface area contributed by atoms with Crippen molar-refractivity contribution in [3.63, 3.8) is 0 Å². The number of aromatic amines is 4. The number of hydrogen-bond donors (Lipinski definition) is 4. The topological polar surface area (TPSA) is 166 Å². The molecule has 12 heteroatoms. The van der Waals surface area contributed by atoms with Crippen LogP contribution in [0, 0.1) is 0 Å². The number of aromatic nitrogens is 12. The van der Waals surface area contributed by atoms with Gasteiger partial charge in [0.15, 0.2) is 23.3 Å². The fourth-order valence-electron chi connectivity index (χ4n) is 12.9. The molecule has 12 nitrogen and oxygen atoms in total. The first-order valence-electron chi connectivity index (χ1n) is 29.2. The molecule has 16 bridgehead atoms. The minimum Gasteiger partial charge on any atom is -0.354 e. The second-order valence-electron chi connectivity index (χ2n) is 22.2. The number of benzene rings is 8. The lowest BCUT2D eigenvalue weighted by Gasteiger charge is -2.11. The average molecular weight is 1130 g/mol. The third kappa shape index (κ3) is 8.00. The van der Waals surface area contributed by atoms with E-state index >= 15 is 0 Å². The van der Waals surface area contributed by atoms with Gasteiger partial charge in [0.05, 0.1) is 22.8 Å². The minimum absolute atomic E-state index is 0.489. The first kappa shape index (κ1) is 49.2. The largest absolute Gasteiger partial charge is 0.354 e. The molecule has 4 aliphatic heterocycles. The van der Waals surface area contributed by atoms with Gasteiger partial charge in [-0.1, -0.05) is 200 Å². The highest BCUT2D eigenvalue weighted by atomic mass is 15.1. The molecule has 88 heavy (non-hydrogen) atoms. The second kappa shape index (κ2) is 19.7. The molecule has 0 radical (unpaired) electrons. The van der Waals surface area contributed by atoms with Gasteiger partial charge in [-0.2, -0.15) is 0 Å². The van der Waals surface area contributed by atoms with Crippen LogP contribution >= 0.6 is 0 Å². The molecule has 18 rings (SSSR count). The highest BCUT2D eigenvalue weighted by Crippen LogP contribution is 2.45. The van der Waals surface area contributed by atoms with Gasteiger partial charge in [-0.05, 0) is 82.4 Å². The molecule has 8 aromatic carbocycles. The third-order valence-corrected chi connectivity index (χ3v) is 17.0. The lowest BCUT2D eigenvalue weighted by molar-refractivity contribution is 1.19. The van der Waals surface area contributed by atoms with Crippen molar-refractivity contribution in [3.05, 3.63) is 265 Å². The first-order chi connectivity index (χ1) is 43.6. The Morgan fingerprint density at radius 2 is 0.591 bits per heavy atom. The molecular formula is C76H46N12.